The monoisotopic (exact) mass is 385 g/mol. The van der Waals surface area contributed by atoms with Gasteiger partial charge < -0.3 is 20.9 Å². The number of benzene rings is 1. The van der Waals surface area contributed by atoms with Crippen LogP contribution in [0.3, 0.4) is 0 Å². The Morgan fingerprint density at radius 2 is 2.19 bits per heavy atom. The van der Waals surface area contributed by atoms with Crippen molar-refractivity contribution in [2.75, 3.05) is 10.6 Å². The maximum Gasteiger partial charge on any atom is 0.227 e. The molecule has 0 amide bonds. The van der Waals surface area contributed by atoms with Gasteiger partial charge >= 0.3 is 0 Å². The molecule has 2 heterocycles. The fourth-order valence-corrected chi connectivity index (χ4v) is 3.76. The lowest BCUT2D eigenvalue weighted by Crippen LogP contribution is -2.35. The molecule has 1 saturated carbocycles. The fourth-order valence-electron chi connectivity index (χ4n) is 3.57. The zero-order valence-electron chi connectivity index (χ0n) is 15.3. The number of nitrogens with zero attached hydrogens (tertiary/aromatic N) is 4. The van der Waals surface area contributed by atoms with Crippen LogP contribution < -0.4 is 16.4 Å². The molecular weight excluding hydrogens is 362 g/mol. The van der Waals surface area contributed by atoms with Crippen molar-refractivity contribution in [2.45, 2.75) is 51.2 Å². The molecule has 0 unspecified atom stereocenters. The molecule has 27 heavy (non-hydrogen) atoms. The van der Waals surface area contributed by atoms with Gasteiger partial charge in [-0.3, -0.25) is 0 Å². The summed E-state index contributed by atoms with van der Waals surface area (Å²) < 4.78 is 2.01. The first-order chi connectivity index (χ1) is 13.1. The summed E-state index contributed by atoms with van der Waals surface area (Å²) in [5, 5.41) is 7.47. The van der Waals surface area contributed by atoms with Crippen LogP contribution in [0.1, 0.15) is 32.6 Å². The highest BCUT2D eigenvalue weighted by atomic mass is 35.5. The third-order valence-corrected chi connectivity index (χ3v) is 5.18. The molecular formula is C19H24ClN7. The first kappa shape index (κ1) is 18.0. The van der Waals surface area contributed by atoms with Crippen LogP contribution in [0.5, 0.6) is 0 Å². The Labute approximate surface area is 163 Å². The van der Waals surface area contributed by atoms with Gasteiger partial charge in [-0.05, 0) is 50.8 Å². The second-order valence-corrected chi connectivity index (χ2v) is 7.44. The van der Waals surface area contributed by atoms with Gasteiger partial charge in [0.1, 0.15) is 0 Å². The lowest BCUT2D eigenvalue weighted by Gasteiger charge is -2.27. The number of halogens is 1. The minimum atomic E-state index is 0.241. The van der Waals surface area contributed by atoms with E-state index in [2.05, 4.69) is 22.5 Å². The maximum atomic E-state index is 6.12. The van der Waals surface area contributed by atoms with E-state index in [4.69, 9.17) is 27.3 Å². The van der Waals surface area contributed by atoms with Crippen molar-refractivity contribution in [1.29, 1.82) is 0 Å². The Morgan fingerprint density at radius 1 is 1.30 bits per heavy atom. The molecule has 1 fully saturated rings. The molecule has 3 aromatic rings. The number of nitrogens with one attached hydrogen (secondary N) is 2. The van der Waals surface area contributed by atoms with E-state index in [1.165, 1.54) is 0 Å². The molecule has 8 heteroatoms. The van der Waals surface area contributed by atoms with E-state index in [0.29, 0.717) is 22.8 Å². The van der Waals surface area contributed by atoms with E-state index < -0.39 is 0 Å². The van der Waals surface area contributed by atoms with E-state index >= 15 is 0 Å². The van der Waals surface area contributed by atoms with Gasteiger partial charge in [0, 0.05) is 29.3 Å². The normalized spacial score (nSPS) is 20.0. The van der Waals surface area contributed by atoms with Crippen LogP contribution in [-0.2, 0) is 6.54 Å². The van der Waals surface area contributed by atoms with Gasteiger partial charge in [-0.15, -0.1) is 0 Å². The summed E-state index contributed by atoms with van der Waals surface area (Å²) in [6.45, 7) is 2.86. The van der Waals surface area contributed by atoms with Crippen molar-refractivity contribution < 1.29 is 0 Å². The van der Waals surface area contributed by atoms with Gasteiger partial charge in [0.15, 0.2) is 17.0 Å². The second kappa shape index (κ2) is 7.70. The van der Waals surface area contributed by atoms with E-state index in [1.807, 2.05) is 28.8 Å². The van der Waals surface area contributed by atoms with E-state index in [0.717, 1.165) is 49.1 Å². The summed E-state index contributed by atoms with van der Waals surface area (Å²) in [7, 11) is 0. The lowest BCUT2D eigenvalue weighted by atomic mass is 9.92. The largest absolute Gasteiger partial charge is 0.351 e. The second-order valence-electron chi connectivity index (χ2n) is 7.00. The molecule has 7 nitrogen and oxygen atoms in total. The Hall–Kier alpha value is -2.38. The van der Waals surface area contributed by atoms with Crippen molar-refractivity contribution in [3.8, 4) is 0 Å². The highest BCUT2D eigenvalue weighted by molar-refractivity contribution is 6.30. The third-order valence-electron chi connectivity index (χ3n) is 4.94. The predicted molar refractivity (Wildman–Crippen MR) is 110 cm³/mol. The van der Waals surface area contributed by atoms with E-state index in [-0.39, 0.29) is 6.04 Å². The van der Waals surface area contributed by atoms with Crippen LogP contribution >= 0.6 is 11.6 Å². The summed E-state index contributed by atoms with van der Waals surface area (Å²) in [5.41, 5.74) is 8.53. The number of aromatic nitrogens is 4. The van der Waals surface area contributed by atoms with Crippen LogP contribution in [0, 0.1) is 0 Å². The average molecular weight is 386 g/mol. The quantitative estimate of drug-likeness (QED) is 0.616. The Balaban J connectivity index is 1.69. The van der Waals surface area contributed by atoms with Crippen LogP contribution in [0.25, 0.3) is 11.2 Å². The molecule has 0 bridgehead atoms. The van der Waals surface area contributed by atoms with Gasteiger partial charge in [0.05, 0.1) is 6.33 Å². The fraction of sp³-hybridized carbons (Fsp3) is 0.421. The number of hydrogen-bond acceptors (Lipinski definition) is 6. The standard InChI is InChI=1S/C19H24ClN7/c1-2-27-11-22-16-17(23-14-7-3-5-12(20)9-14)25-19(26-18(16)27)24-15-8-4-6-13(21)10-15/h3,5,7,9,11,13,15H,2,4,6,8,10,21H2,1H3,(H2,23,24,25,26)/t13-,15-/m0/s1. The van der Waals surface area contributed by atoms with Crippen molar-refractivity contribution in [3.05, 3.63) is 35.6 Å². The smallest absolute Gasteiger partial charge is 0.227 e. The molecule has 4 rings (SSSR count). The van der Waals surface area contributed by atoms with Crippen molar-refractivity contribution in [2.24, 2.45) is 5.73 Å². The molecule has 1 aliphatic carbocycles. The Morgan fingerprint density at radius 3 is 2.96 bits per heavy atom. The molecule has 1 aliphatic rings. The highest BCUT2D eigenvalue weighted by Crippen LogP contribution is 2.27. The van der Waals surface area contributed by atoms with Gasteiger partial charge in [-0.2, -0.15) is 9.97 Å². The number of nitrogens with two attached hydrogens (primary N) is 1. The zero-order chi connectivity index (χ0) is 18.8. The van der Waals surface area contributed by atoms with Crippen LogP contribution in [0.15, 0.2) is 30.6 Å². The topological polar surface area (TPSA) is 93.7 Å². The van der Waals surface area contributed by atoms with Crippen molar-refractivity contribution >= 4 is 40.2 Å². The molecule has 2 aromatic heterocycles. The number of imidazole rings is 1. The van der Waals surface area contributed by atoms with Gasteiger partial charge in [-0.25, -0.2) is 4.98 Å². The minimum absolute atomic E-state index is 0.241. The Kier molecular flexibility index (Phi) is 5.13. The summed E-state index contributed by atoms with van der Waals surface area (Å²) in [6.07, 6.45) is 6.03. The SMILES string of the molecule is CCn1cnc2c(Nc3cccc(Cl)c3)nc(N[C@H]3CCC[C@H](N)C3)nc21. The predicted octanol–water partition coefficient (Wildman–Crippen LogP) is 3.93. The van der Waals surface area contributed by atoms with Crippen LogP contribution in [0.4, 0.5) is 17.5 Å². The number of anilines is 3. The summed E-state index contributed by atoms with van der Waals surface area (Å²) in [5.74, 6) is 1.26. The summed E-state index contributed by atoms with van der Waals surface area (Å²) in [6, 6.07) is 8.08. The van der Waals surface area contributed by atoms with Gasteiger partial charge in [0.25, 0.3) is 0 Å². The molecule has 0 radical (unpaired) electrons. The Bertz CT molecular complexity index is 939. The summed E-state index contributed by atoms with van der Waals surface area (Å²) in [4.78, 5) is 13.9. The third kappa shape index (κ3) is 3.99. The minimum Gasteiger partial charge on any atom is -0.351 e. The van der Waals surface area contributed by atoms with Crippen LogP contribution in [0.2, 0.25) is 5.02 Å². The molecule has 142 valence electrons. The van der Waals surface area contributed by atoms with Crippen molar-refractivity contribution in [1.82, 2.24) is 19.5 Å². The first-order valence-corrected chi connectivity index (χ1v) is 9.77. The maximum absolute atomic E-state index is 6.12. The van der Waals surface area contributed by atoms with E-state index in [1.54, 1.807) is 6.33 Å². The number of fused-ring (bicyclic) bond motifs is 1. The van der Waals surface area contributed by atoms with E-state index in [9.17, 15) is 0 Å². The zero-order valence-corrected chi connectivity index (χ0v) is 16.1. The molecule has 0 saturated heterocycles. The molecule has 4 N–H and O–H groups in total. The highest BCUT2D eigenvalue weighted by Gasteiger charge is 2.21. The van der Waals surface area contributed by atoms with Gasteiger partial charge in [-0.1, -0.05) is 17.7 Å². The van der Waals surface area contributed by atoms with Crippen molar-refractivity contribution in [3.63, 3.8) is 0 Å². The lowest BCUT2D eigenvalue weighted by molar-refractivity contribution is 0.408. The number of aryl methyl sites for hydroxylation is 1. The first-order valence-electron chi connectivity index (χ1n) is 9.40. The van der Waals surface area contributed by atoms with Gasteiger partial charge in [0.2, 0.25) is 5.95 Å². The summed E-state index contributed by atoms with van der Waals surface area (Å²) >= 11 is 6.11. The molecule has 0 aliphatic heterocycles. The molecule has 2 atom stereocenters. The number of hydrogen-bond donors (Lipinski definition) is 3. The number of rotatable bonds is 5. The average Bonchev–Trinajstić information content (AvgIpc) is 3.05. The van der Waals surface area contributed by atoms with Crippen LogP contribution in [-0.4, -0.2) is 31.6 Å². The molecule has 0 spiro atoms. The molecule has 1 aromatic carbocycles.